The van der Waals surface area contributed by atoms with Crippen molar-refractivity contribution in [1.29, 1.82) is 0 Å². The second-order valence-corrected chi connectivity index (χ2v) is 10.1. The topological polar surface area (TPSA) is 194 Å². The van der Waals surface area contributed by atoms with Crippen molar-refractivity contribution in [2.75, 3.05) is 0 Å². The fourth-order valence-corrected chi connectivity index (χ4v) is 4.09. The number of carbonyl (C=O) groups is 5. The molecule has 0 aromatic heterocycles. The molecular weight excluding hydrogens is 514 g/mol. The first-order valence-electron chi connectivity index (χ1n) is 13.2. The van der Waals surface area contributed by atoms with Crippen LogP contribution in [-0.2, 0) is 36.8 Å². The lowest BCUT2D eigenvalue weighted by Gasteiger charge is -2.26. The van der Waals surface area contributed by atoms with Crippen LogP contribution < -0.4 is 27.4 Å². The lowest BCUT2D eigenvalue weighted by atomic mass is 10.00. The summed E-state index contributed by atoms with van der Waals surface area (Å²) < 4.78 is 0. The third-order valence-corrected chi connectivity index (χ3v) is 6.18. The summed E-state index contributed by atoms with van der Waals surface area (Å²) in [6.45, 7) is 3.69. The highest BCUT2D eigenvalue weighted by atomic mass is 16.4. The second kappa shape index (κ2) is 16.0. The predicted molar refractivity (Wildman–Crippen MR) is 150 cm³/mol. The Bertz CT molecular complexity index is 1140. The Morgan fingerprint density at radius 2 is 1.20 bits per heavy atom. The Morgan fingerprint density at radius 3 is 1.70 bits per heavy atom. The van der Waals surface area contributed by atoms with Gasteiger partial charge in [0.05, 0.1) is 6.04 Å². The number of primary amides is 1. The van der Waals surface area contributed by atoms with Crippen molar-refractivity contribution in [3.05, 3.63) is 71.8 Å². The average Bonchev–Trinajstić information content (AvgIpc) is 2.90. The van der Waals surface area contributed by atoms with Crippen LogP contribution in [0.2, 0.25) is 0 Å². The number of nitrogens with two attached hydrogens (primary N) is 2. The molecule has 0 fully saturated rings. The lowest BCUT2D eigenvalue weighted by molar-refractivity contribution is -0.142. The molecule has 0 aliphatic carbocycles. The smallest absolute Gasteiger partial charge is 0.326 e. The van der Waals surface area contributed by atoms with Gasteiger partial charge in [-0.2, -0.15) is 0 Å². The molecule has 4 atom stereocenters. The third-order valence-electron chi connectivity index (χ3n) is 6.18. The van der Waals surface area contributed by atoms with E-state index in [1.54, 1.807) is 12.1 Å². The Hall–Kier alpha value is -4.25. The summed E-state index contributed by atoms with van der Waals surface area (Å²) in [7, 11) is 0. The number of nitrogens with one attached hydrogen (secondary N) is 3. The van der Waals surface area contributed by atoms with E-state index in [0.717, 1.165) is 11.1 Å². The first-order chi connectivity index (χ1) is 19.0. The van der Waals surface area contributed by atoms with Gasteiger partial charge in [-0.05, 0) is 36.3 Å². The first kappa shape index (κ1) is 32.0. The molecule has 8 N–H and O–H groups in total. The maximum atomic E-state index is 13.5. The Kier molecular flexibility index (Phi) is 12.8. The predicted octanol–water partition coefficient (Wildman–Crippen LogP) is 0.650. The quantitative estimate of drug-likeness (QED) is 0.176. The van der Waals surface area contributed by atoms with Gasteiger partial charge < -0.3 is 32.5 Å². The minimum absolute atomic E-state index is 0.0357. The summed E-state index contributed by atoms with van der Waals surface area (Å²) in [4.78, 5) is 62.3. The van der Waals surface area contributed by atoms with Gasteiger partial charge in [-0.25, -0.2) is 4.79 Å². The standard InChI is InChI=1S/C29H39N5O6/c1-18(2)15-23(27(37)32-22(29(39)40)13-14-25(31)35)34-28(38)24(17-20-11-7-4-8-12-20)33-26(36)21(30)16-19-9-5-3-6-10-19/h3-12,18,21-24H,13-17,30H2,1-2H3,(H2,31,35)(H,32,37)(H,33,36)(H,34,38)(H,39,40). The van der Waals surface area contributed by atoms with E-state index in [1.165, 1.54) is 0 Å². The first-order valence-corrected chi connectivity index (χ1v) is 13.2. The SMILES string of the molecule is CC(C)CC(NC(=O)C(Cc1ccccc1)NC(=O)C(N)Cc1ccccc1)C(=O)NC(CCC(N)=O)C(=O)O. The Labute approximate surface area is 234 Å². The van der Waals surface area contributed by atoms with Gasteiger partial charge in [0.2, 0.25) is 23.6 Å². The van der Waals surface area contributed by atoms with Crippen LogP contribution in [0.15, 0.2) is 60.7 Å². The van der Waals surface area contributed by atoms with Crippen LogP contribution in [-0.4, -0.2) is 58.9 Å². The minimum Gasteiger partial charge on any atom is -0.480 e. The molecule has 11 nitrogen and oxygen atoms in total. The van der Waals surface area contributed by atoms with Gasteiger partial charge in [0, 0.05) is 12.8 Å². The zero-order chi connectivity index (χ0) is 29.7. The lowest BCUT2D eigenvalue weighted by Crippen LogP contribution is -2.58. The zero-order valence-electron chi connectivity index (χ0n) is 22.8. The van der Waals surface area contributed by atoms with Crippen LogP contribution in [0, 0.1) is 5.92 Å². The van der Waals surface area contributed by atoms with Crippen LogP contribution in [0.3, 0.4) is 0 Å². The number of carboxylic acid groups (broad SMARTS) is 1. The maximum Gasteiger partial charge on any atom is 0.326 e. The molecule has 0 bridgehead atoms. The van der Waals surface area contributed by atoms with E-state index in [2.05, 4.69) is 16.0 Å². The number of benzene rings is 2. The number of amides is 4. The average molecular weight is 554 g/mol. The van der Waals surface area contributed by atoms with Crippen molar-refractivity contribution in [3.63, 3.8) is 0 Å². The molecule has 216 valence electrons. The summed E-state index contributed by atoms with van der Waals surface area (Å²) in [5.41, 5.74) is 12.9. The van der Waals surface area contributed by atoms with Crippen molar-refractivity contribution in [3.8, 4) is 0 Å². The normalized spacial score (nSPS) is 13.9. The van der Waals surface area contributed by atoms with E-state index in [1.807, 2.05) is 62.4 Å². The van der Waals surface area contributed by atoms with Gasteiger partial charge in [0.15, 0.2) is 0 Å². The molecular formula is C29H39N5O6. The molecule has 0 saturated heterocycles. The van der Waals surface area contributed by atoms with Gasteiger partial charge in [0.1, 0.15) is 18.1 Å². The van der Waals surface area contributed by atoms with Crippen molar-refractivity contribution < 1.29 is 29.1 Å². The van der Waals surface area contributed by atoms with Gasteiger partial charge in [0.25, 0.3) is 0 Å². The Morgan fingerprint density at radius 1 is 0.725 bits per heavy atom. The highest BCUT2D eigenvalue weighted by Gasteiger charge is 2.31. The number of carbonyl (C=O) groups excluding carboxylic acids is 4. The van der Waals surface area contributed by atoms with Crippen LogP contribution in [0.25, 0.3) is 0 Å². The number of carboxylic acids is 1. The van der Waals surface area contributed by atoms with Crippen molar-refractivity contribution in [2.45, 2.75) is 70.1 Å². The van der Waals surface area contributed by atoms with Crippen molar-refractivity contribution in [1.82, 2.24) is 16.0 Å². The van der Waals surface area contributed by atoms with Crippen molar-refractivity contribution in [2.24, 2.45) is 17.4 Å². The summed E-state index contributed by atoms with van der Waals surface area (Å²) in [6, 6.07) is 13.9. The fourth-order valence-electron chi connectivity index (χ4n) is 4.09. The van der Waals surface area contributed by atoms with Crippen molar-refractivity contribution >= 4 is 29.6 Å². The monoisotopic (exact) mass is 553 g/mol. The van der Waals surface area contributed by atoms with E-state index < -0.39 is 53.8 Å². The molecule has 4 unspecified atom stereocenters. The minimum atomic E-state index is -1.36. The molecule has 0 saturated carbocycles. The number of hydrogen-bond donors (Lipinski definition) is 6. The highest BCUT2D eigenvalue weighted by molar-refractivity contribution is 5.94. The highest BCUT2D eigenvalue weighted by Crippen LogP contribution is 2.10. The van der Waals surface area contributed by atoms with Gasteiger partial charge >= 0.3 is 5.97 Å². The molecule has 4 amide bonds. The van der Waals surface area contributed by atoms with Crippen LogP contribution in [0.1, 0.15) is 44.2 Å². The second-order valence-electron chi connectivity index (χ2n) is 10.1. The summed E-state index contributed by atoms with van der Waals surface area (Å²) in [5, 5.41) is 17.3. The molecule has 2 aromatic carbocycles. The molecule has 0 spiro atoms. The summed E-state index contributed by atoms with van der Waals surface area (Å²) in [5.74, 6) is -3.92. The van der Waals surface area contributed by atoms with E-state index in [4.69, 9.17) is 11.5 Å². The largest absolute Gasteiger partial charge is 0.480 e. The fraction of sp³-hybridized carbons (Fsp3) is 0.414. The zero-order valence-corrected chi connectivity index (χ0v) is 22.8. The molecule has 0 aliphatic rings. The van der Waals surface area contributed by atoms with E-state index >= 15 is 0 Å². The molecule has 2 rings (SSSR count). The van der Waals surface area contributed by atoms with Crippen LogP contribution in [0.5, 0.6) is 0 Å². The maximum absolute atomic E-state index is 13.5. The van der Waals surface area contributed by atoms with Gasteiger partial charge in [-0.3, -0.25) is 19.2 Å². The van der Waals surface area contributed by atoms with E-state index in [9.17, 15) is 29.1 Å². The molecule has 2 aromatic rings. The molecule has 0 radical (unpaired) electrons. The van der Waals surface area contributed by atoms with Gasteiger partial charge in [-0.1, -0.05) is 74.5 Å². The van der Waals surface area contributed by atoms with E-state index in [-0.39, 0.29) is 38.0 Å². The Balaban J connectivity index is 2.20. The summed E-state index contributed by atoms with van der Waals surface area (Å²) >= 11 is 0. The number of hydrogen-bond acceptors (Lipinski definition) is 6. The molecule has 40 heavy (non-hydrogen) atoms. The van der Waals surface area contributed by atoms with Crippen LogP contribution in [0.4, 0.5) is 0 Å². The molecule has 0 heterocycles. The van der Waals surface area contributed by atoms with Crippen LogP contribution >= 0.6 is 0 Å². The molecule has 0 aliphatic heterocycles. The summed E-state index contributed by atoms with van der Waals surface area (Å²) in [6.07, 6.45) is 0.201. The molecule has 11 heteroatoms. The number of aliphatic carboxylic acids is 1. The van der Waals surface area contributed by atoms with E-state index in [0.29, 0.717) is 0 Å². The third kappa shape index (κ3) is 11.2. The van der Waals surface area contributed by atoms with Gasteiger partial charge in [-0.15, -0.1) is 0 Å². The number of rotatable bonds is 16.